The second kappa shape index (κ2) is 8.17. The topological polar surface area (TPSA) is 92.3 Å². The maximum atomic E-state index is 11.6. The normalized spacial score (nSPS) is 10.5. The van der Waals surface area contributed by atoms with Gasteiger partial charge >= 0.3 is 5.97 Å². The molecule has 0 radical (unpaired) electrons. The standard InChI is InChI=1S/C16H22N4O3/c1-3-22-16(21)14-15(17)20(19-18-14)10-4-5-11-23-13-8-6-12(2)7-9-13/h6-9H,3-5,10-11,17H2,1-2H3. The number of hydrogen-bond acceptors (Lipinski definition) is 6. The molecule has 0 unspecified atom stereocenters. The van der Waals surface area contributed by atoms with E-state index in [0.717, 1.165) is 18.6 Å². The summed E-state index contributed by atoms with van der Waals surface area (Å²) in [5.74, 6) is 0.558. The molecule has 23 heavy (non-hydrogen) atoms. The highest BCUT2D eigenvalue weighted by atomic mass is 16.5. The highest BCUT2D eigenvalue weighted by Crippen LogP contribution is 2.13. The van der Waals surface area contributed by atoms with Crippen LogP contribution in [0.4, 0.5) is 5.82 Å². The van der Waals surface area contributed by atoms with E-state index in [1.165, 1.54) is 10.2 Å². The first-order valence-corrected chi connectivity index (χ1v) is 7.67. The van der Waals surface area contributed by atoms with Gasteiger partial charge in [0.1, 0.15) is 5.75 Å². The third-order valence-corrected chi connectivity index (χ3v) is 3.30. The highest BCUT2D eigenvalue weighted by molar-refractivity contribution is 5.91. The number of ether oxygens (including phenoxy) is 2. The predicted molar refractivity (Wildman–Crippen MR) is 86.3 cm³/mol. The summed E-state index contributed by atoms with van der Waals surface area (Å²) in [6.07, 6.45) is 1.67. The van der Waals surface area contributed by atoms with Gasteiger partial charge in [-0.1, -0.05) is 22.9 Å². The Kier molecular flexibility index (Phi) is 5.96. The molecule has 0 bridgehead atoms. The number of unbranched alkanes of at least 4 members (excludes halogenated alkanes) is 1. The van der Waals surface area contributed by atoms with Gasteiger partial charge in [-0.05, 0) is 38.8 Å². The number of nitrogen functional groups attached to an aromatic ring is 1. The van der Waals surface area contributed by atoms with Gasteiger partial charge in [0.15, 0.2) is 5.82 Å². The monoisotopic (exact) mass is 318 g/mol. The Balaban J connectivity index is 1.74. The van der Waals surface area contributed by atoms with Crippen molar-refractivity contribution in [2.75, 3.05) is 18.9 Å². The number of nitrogens with two attached hydrogens (primary N) is 1. The van der Waals surface area contributed by atoms with Gasteiger partial charge in [0.2, 0.25) is 5.69 Å². The molecule has 1 heterocycles. The Bertz CT molecular complexity index is 637. The van der Waals surface area contributed by atoms with Crippen molar-refractivity contribution in [3.63, 3.8) is 0 Å². The average molecular weight is 318 g/mol. The van der Waals surface area contributed by atoms with Gasteiger partial charge in [-0.25, -0.2) is 9.48 Å². The van der Waals surface area contributed by atoms with Crippen LogP contribution in [0.15, 0.2) is 24.3 Å². The zero-order valence-corrected chi connectivity index (χ0v) is 13.5. The zero-order chi connectivity index (χ0) is 16.7. The van der Waals surface area contributed by atoms with Gasteiger partial charge in [-0.2, -0.15) is 0 Å². The molecule has 124 valence electrons. The van der Waals surface area contributed by atoms with Crippen LogP contribution in [0.1, 0.15) is 35.8 Å². The second-order valence-electron chi connectivity index (χ2n) is 5.14. The van der Waals surface area contributed by atoms with Crippen molar-refractivity contribution < 1.29 is 14.3 Å². The molecule has 0 spiro atoms. The van der Waals surface area contributed by atoms with Gasteiger partial charge in [0.25, 0.3) is 0 Å². The summed E-state index contributed by atoms with van der Waals surface area (Å²) in [5.41, 5.74) is 7.14. The molecule has 1 aromatic carbocycles. The number of nitrogens with zero attached hydrogens (tertiary/aromatic N) is 3. The first-order chi connectivity index (χ1) is 11.1. The molecule has 1 aromatic heterocycles. The van der Waals surface area contributed by atoms with Crippen LogP contribution < -0.4 is 10.5 Å². The van der Waals surface area contributed by atoms with E-state index in [9.17, 15) is 4.79 Å². The first-order valence-electron chi connectivity index (χ1n) is 7.67. The summed E-state index contributed by atoms with van der Waals surface area (Å²) in [4.78, 5) is 11.6. The lowest BCUT2D eigenvalue weighted by molar-refractivity contribution is 0.0520. The Hall–Kier alpha value is -2.57. The fourth-order valence-corrected chi connectivity index (χ4v) is 2.02. The van der Waals surface area contributed by atoms with Crippen molar-refractivity contribution in [1.82, 2.24) is 15.0 Å². The van der Waals surface area contributed by atoms with E-state index >= 15 is 0 Å². The van der Waals surface area contributed by atoms with Gasteiger partial charge in [-0.3, -0.25) is 0 Å². The van der Waals surface area contributed by atoms with Crippen molar-refractivity contribution in [3.8, 4) is 5.75 Å². The van der Waals surface area contributed by atoms with Crippen LogP contribution in [0.2, 0.25) is 0 Å². The van der Waals surface area contributed by atoms with E-state index in [4.69, 9.17) is 15.2 Å². The molecule has 0 fully saturated rings. The Labute approximate surface area is 135 Å². The lowest BCUT2D eigenvalue weighted by Gasteiger charge is -2.07. The molecular formula is C16H22N4O3. The number of aromatic nitrogens is 3. The molecule has 0 amide bonds. The van der Waals surface area contributed by atoms with E-state index in [-0.39, 0.29) is 18.1 Å². The Morgan fingerprint density at radius 3 is 2.70 bits per heavy atom. The molecule has 2 N–H and O–H groups in total. The van der Waals surface area contributed by atoms with Crippen molar-refractivity contribution >= 4 is 11.8 Å². The maximum absolute atomic E-state index is 11.6. The Morgan fingerprint density at radius 1 is 1.26 bits per heavy atom. The minimum absolute atomic E-state index is 0.0720. The lowest BCUT2D eigenvalue weighted by atomic mass is 10.2. The van der Waals surface area contributed by atoms with Crippen molar-refractivity contribution in [1.29, 1.82) is 0 Å². The van der Waals surface area contributed by atoms with Crippen LogP contribution >= 0.6 is 0 Å². The molecule has 2 rings (SSSR count). The van der Waals surface area contributed by atoms with Gasteiger partial charge < -0.3 is 15.2 Å². The summed E-state index contributed by atoms with van der Waals surface area (Å²) in [6, 6.07) is 7.94. The molecule has 0 aliphatic rings. The summed E-state index contributed by atoms with van der Waals surface area (Å²) in [6.45, 7) is 5.24. The molecule has 7 nitrogen and oxygen atoms in total. The quantitative estimate of drug-likeness (QED) is 0.592. The van der Waals surface area contributed by atoms with Crippen LogP contribution in [0, 0.1) is 6.92 Å². The molecule has 0 saturated heterocycles. The van der Waals surface area contributed by atoms with E-state index in [0.29, 0.717) is 13.2 Å². The summed E-state index contributed by atoms with van der Waals surface area (Å²) >= 11 is 0. The van der Waals surface area contributed by atoms with Crippen LogP contribution in [0.5, 0.6) is 5.75 Å². The number of aryl methyl sites for hydroxylation is 2. The molecule has 7 heteroatoms. The Morgan fingerprint density at radius 2 is 2.00 bits per heavy atom. The third kappa shape index (κ3) is 4.70. The fraction of sp³-hybridized carbons (Fsp3) is 0.438. The smallest absolute Gasteiger partial charge is 0.362 e. The van der Waals surface area contributed by atoms with Crippen molar-refractivity contribution in [2.45, 2.75) is 33.2 Å². The van der Waals surface area contributed by atoms with E-state index < -0.39 is 5.97 Å². The number of benzene rings is 1. The SMILES string of the molecule is CCOC(=O)c1nnn(CCCCOc2ccc(C)cc2)c1N. The van der Waals surface area contributed by atoms with Crippen LogP contribution in [0.3, 0.4) is 0 Å². The maximum Gasteiger partial charge on any atom is 0.362 e. The first kappa shape index (κ1) is 16.8. The predicted octanol–water partition coefficient (Wildman–Crippen LogP) is 2.20. The van der Waals surface area contributed by atoms with Crippen LogP contribution in [-0.2, 0) is 11.3 Å². The number of hydrogen-bond donors (Lipinski definition) is 1. The minimum Gasteiger partial charge on any atom is -0.494 e. The molecule has 0 aliphatic heterocycles. The number of rotatable bonds is 8. The number of carbonyl (C=O) groups is 1. The molecule has 0 saturated carbocycles. The van der Waals surface area contributed by atoms with E-state index in [2.05, 4.69) is 10.3 Å². The zero-order valence-electron chi connectivity index (χ0n) is 13.5. The lowest BCUT2D eigenvalue weighted by Crippen LogP contribution is -2.10. The molecule has 2 aromatic rings. The summed E-state index contributed by atoms with van der Waals surface area (Å²) in [5, 5.41) is 7.66. The highest BCUT2D eigenvalue weighted by Gasteiger charge is 2.18. The third-order valence-electron chi connectivity index (χ3n) is 3.30. The van der Waals surface area contributed by atoms with E-state index in [1.54, 1.807) is 6.92 Å². The summed E-state index contributed by atoms with van der Waals surface area (Å²) in [7, 11) is 0. The van der Waals surface area contributed by atoms with E-state index in [1.807, 2.05) is 31.2 Å². The average Bonchev–Trinajstić information content (AvgIpc) is 2.90. The van der Waals surface area contributed by atoms with Gasteiger partial charge in [0, 0.05) is 6.54 Å². The fourth-order valence-electron chi connectivity index (χ4n) is 2.02. The van der Waals surface area contributed by atoms with Crippen molar-refractivity contribution in [3.05, 3.63) is 35.5 Å². The largest absolute Gasteiger partial charge is 0.494 e. The number of esters is 1. The minimum atomic E-state index is -0.543. The molecular weight excluding hydrogens is 296 g/mol. The van der Waals surface area contributed by atoms with Crippen LogP contribution in [-0.4, -0.2) is 34.2 Å². The van der Waals surface area contributed by atoms with Gasteiger partial charge in [-0.15, -0.1) is 5.10 Å². The molecule has 0 atom stereocenters. The van der Waals surface area contributed by atoms with Crippen molar-refractivity contribution in [2.24, 2.45) is 0 Å². The van der Waals surface area contributed by atoms with Crippen LogP contribution in [0.25, 0.3) is 0 Å². The number of anilines is 1. The summed E-state index contributed by atoms with van der Waals surface area (Å²) < 4.78 is 12.0. The number of carbonyl (C=O) groups excluding carboxylic acids is 1. The molecule has 0 aliphatic carbocycles. The van der Waals surface area contributed by atoms with Gasteiger partial charge in [0.05, 0.1) is 13.2 Å². The second-order valence-corrected chi connectivity index (χ2v) is 5.14.